The Balaban J connectivity index is 1.45. The molecule has 150 valence electrons. The number of ketones is 1. The van der Waals surface area contributed by atoms with Gasteiger partial charge in [-0.2, -0.15) is 0 Å². The highest BCUT2D eigenvalue weighted by Crippen LogP contribution is 2.28. The minimum absolute atomic E-state index is 0.0693. The number of aromatic nitrogens is 1. The molecule has 3 aromatic rings. The maximum Gasteiger partial charge on any atom is 0.254 e. The molecule has 0 unspecified atom stereocenters. The fraction of sp³-hybridized carbons (Fsp3) is 0.304. The summed E-state index contributed by atoms with van der Waals surface area (Å²) in [5.41, 5.74) is 2.24. The van der Waals surface area contributed by atoms with Gasteiger partial charge in [0.2, 0.25) is 0 Å². The van der Waals surface area contributed by atoms with Crippen LogP contribution in [0, 0.1) is 5.92 Å². The standard InChI is InChI=1S/C23H24N2O4/c1-28-17-11-16(12-18(13-17)29-2)23(27)25-9-7-15(8-10-25)22(26)20-14-24-21-6-4-3-5-19(20)21/h3-6,11-15,24H,7-10H2,1-2H3. The fourth-order valence-electron chi connectivity index (χ4n) is 3.95. The van der Waals surface area contributed by atoms with Crippen LogP contribution in [0.15, 0.2) is 48.7 Å². The van der Waals surface area contributed by atoms with Crippen molar-refractivity contribution in [1.29, 1.82) is 0 Å². The molecule has 0 radical (unpaired) electrons. The Bertz CT molecular complexity index is 1030. The van der Waals surface area contributed by atoms with Crippen LogP contribution in [-0.4, -0.2) is 48.9 Å². The van der Waals surface area contributed by atoms with Gasteiger partial charge < -0.3 is 19.4 Å². The molecule has 6 heteroatoms. The summed E-state index contributed by atoms with van der Waals surface area (Å²) in [6, 6.07) is 13.0. The molecule has 0 atom stereocenters. The van der Waals surface area contributed by atoms with Gasteiger partial charge >= 0.3 is 0 Å². The van der Waals surface area contributed by atoms with Gasteiger partial charge in [-0.1, -0.05) is 18.2 Å². The predicted octanol–water partition coefficient (Wildman–Crippen LogP) is 3.92. The monoisotopic (exact) mass is 392 g/mol. The summed E-state index contributed by atoms with van der Waals surface area (Å²) in [4.78, 5) is 30.9. The molecule has 0 bridgehead atoms. The van der Waals surface area contributed by atoms with Crippen molar-refractivity contribution >= 4 is 22.6 Å². The number of aromatic amines is 1. The summed E-state index contributed by atoms with van der Waals surface area (Å²) >= 11 is 0. The van der Waals surface area contributed by atoms with Gasteiger partial charge in [0.1, 0.15) is 11.5 Å². The van der Waals surface area contributed by atoms with E-state index in [2.05, 4.69) is 4.98 Å². The van der Waals surface area contributed by atoms with Gasteiger partial charge in [0.05, 0.1) is 14.2 Å². The van der Waals surface area contributed by atoms with Crippen LogP contribution in [0.1, 0.15) is 33.6 Å². The van der Waals surface area contributed by atoms with Gasteiger partial charge in [-0.25, -0.2) is 0 Å². The van der Waals surface area contributed by atoms with Gasteiger partial charge in [-0.3, -0.25) is 9.59 Å². The van der Waals surface area contributed by atoms with E-state index in [9.17, 15) is 9.59 Å². The van der Waals surface area contributed by atoms with E-state index in [0.29, 0.717) is 43.0 Å². The summed E-state index contributed by atoms with van der Waals surface area (Å²) in [5.74, 6) is 1.17. The van der Waals surface area contributed by atoms with Crippen LogP contribution in [0.4, 0.5) is 0 Å². The molecule has 1 fully saturated rings. The number of fused-ring (bicyclic) bond motifs is 1. The molecule has 2 aromatic carbocycles. The van der Waals surface area contributed by atoms with Crippen molar-refractivity contribution in [1.82, 2.24) is 9.88 Å². The summed E-state index contributed by atoms with van der Waals surface area (Å²) in [7, 11) is 3.12. The van der Waals surface area contributed by atoms with Crippen LogP contribution in [0.3, 0.4) is 0 Å². The van der Waals surface area contributed by atoms with E-state index in [4.69, 9.17) is 9.47 Å². The molecule has 4 rings (SSSR count). The number of Topliss-reactive ketones (excluding diaryl/α,β-unsaturated/α-hetero) is 1. The molecule has 1 N–H and O–H groups in total. The predicted molar refractivity (Wildman–Crippen MR) is 111 cm³/mol. The third kappa shape index (κ3) is 3.70. The van der Waals surface area contributed by atoms with E-state index in [-0.39, 0.29) is 17.6 Å². The van der Waals surface area contributed by atoms with E-state index in [1.807, 2.05) is 24.3 Å². The van der Waals surface area contributed by atoms with Crippen LogP contribution < -0.4 is 9.47 Å². The van der Waals surface area contributed by atoms with Gasteiger partial charge in [-0.05, 0) is 31.0 Å². The molecule has 1 aliphatic rings. The van der Waals surface area contributed by atoms with Crippen LogP contribution in [0.25, 0.3) is 10.9 Å². The molecule has 1 amide bonds. The molecule has 0 spiro atoms. The number of amides is 1. The summed E-state index contributed by atoms with van der Waals surface area (Å²) in [5, 5.41) is 0.958. The first kappa shape index (κ1) is 19.1. The summed E-state index contributed by atoms with van der Waals surface area (Å²) in [6.45, 7) is 1.11. The van der Waals surface area contributed by atoms with Crippen LogP contribution in [0.5, 0.6) is 11.5 Å². The van der Waals surface area contributed by atoms with E-state index in [0.717, 1.165) is 16.5 Å². The SMILES string of the molecule is COc1cc(OC)cc(C(=O)N2CCC(C(=O)c3c[nH]c4ccccc34)CC2)c1. The lowest BCUT2D eigenvalue weighted by Crippen LogP contribution is -2.40. The average molecular weight is 392 g/mol. The molecular weight excluding hydrogens is 368 g/mol. The number of hydrogen-bond acceptors (Lipinski definition) is 4. The zero-order chi connectivity index (χ0) is 20.4. The second-order valence-corrected chi connectivity index (χ2v) is 7.28. The molecule has 1 aromatic heterocycles. The molecule has 1 saturated heterocycles. The van der Waals surface area contributed by atoms with Crippen molar-refractivity contribution in [2.75, 3.05) is 27.3 Å². The zero-order valence-corrected chi connectivity index (χ0v) is 16.6. The number of nitrogens with zero attached hydrogens (tertiary/aromatic N) is 1. The second kappa shape index (κ2) is 7.99. The van der Waals surface area contributed by atoms with E-state index < -0.39 is 0 Å². The minimum atomic E-state index is -0.0712. The third-order valence-corrected chi connectivity index (χ3v) is 5.61. The van der Waals surface area contributed by atoms with Crippen molar-refractivity contribution in [3.8, 4) is 11.5 Å². The lowest BCUT2D eigenvalue weighted by molar-refractivity contribution is 0.0650. The molecule has 1 aliphatic heterocycles. The Morgan fingerprint density at radius 3 is 2.31 bits per heavy atom. The largest absolute Gasteiger partial charge is 0.497 e. The number of benzene rings is 2. The number of H-pyrrole nitrogens is 1. The van der Waals surface area contributed by atoms with Crippen molar-refractivity contribution in [3.05, 3.63) is 59.8 Å². The van der Waals surface area contributed by atoms with Crippen LogP contribution in [-0.2, 0) is 0 Å². The normalized spacial score (nSPS) is 14.8. The Labute approximate surface area is 169 Å². The minimum Gasteiger partial charge on any atom is -0.497 e. The number of carbonyl (C=O) groups is 2. The Hall–Kier alpha value is -3.28. The number of nitrogens with one attached hydrogen (secondary N) is 1. The number of ether oxygens (including phenoxy) is 2. The highest BCUT2D eigenvalue weighted by molar-refractivity contribution is 6.09. The molecule has 0 aliphatic carbocycles. The lowest BCUT2D eigenvalue weighted by Gasteiger charge is -2.31. The number of methoxy groups -OCH3 is 2. The van der Waals surface area contributed by atoms with Crippen molar-refractivity contribution in [2.45, 2.75) is 12.8 Å². The van der Waals surface area contributed by atoms with Crippen molar-refractivity contribution < 1.29 is 19.1 Å². The first-order valence-corrected chi connectivity index (χ1v) is 9.73. The summed E-state index contributed by atoms with van der Waals surface area (Å²) in [6.07, 6.45) is 3.11. The molecule has 0 saturated carbocycles. The van der Waals surface area contributed by atoms with Gasteiger partial charge in [-0.15, -0.1) is 0 Å². The van der Waals surface area contributed by atoms with Crippen molar-refractivity contribution in [3.63, 3.8) is 0 Å². The average Bonchev–Trinajstić information content (AvgIpc) is 3.22. The maximum absolute atomic E-state index is 13.0. The highest BCUT2D eigenvalue weighted by atomic mass is 16.5. The molecule has 29 heavy (non-hydrogen) atoms. The number of likely N-dealkylation sites (tertiary alicyclic amines) is 1. The smallest absolute Gasteiger partial charge is 0.254 e. The number of rotatable bonds is 5. The van der Waals surface area contributed by atoms with Crippen molar-refractivity contribution in [2.24, 2.45) is 5.92 Å². The highest BCUT2D eigenvalue weighted by Gasteiger charge is 2.29. The quantitative estimate of drug-likeness (QED) is 0.668. The van der Waals surface area contributed by atoms with E-state index in [1.165, 1.54) is 0 Å². The Kier molecular flexibility index (Phi) is 5.25. The fourth-order valence-corrected chi connectivity index (χ4v) is 3.95. The summed E-state index contributed by atoms with van der Waals surface area (Å²) < 4.78 is 10.5. The lowest BCUT2D eigenvalue weighted by atomic mass is 9.88. The van der Waals surface area contributed by atoms with Gasteiger partial charge in [0.15, 0.2) is 5.78 Å². The van der Waals surface area contributed by atoms with Gasteiger partial charge in [0.25, 0.3) is 5.91 Å². The first-order valence-electron chi connectivity index (χ1n) is 9.73. The third-order valence-electron chi connectivity index (χ3n) is 5.61. The zero-order valence-electron chi connectivity index (χ0n) is 16.6. The molecule has 6 nitrogen and oxygen atoms in total. The Morgan fingerprint density at radius 1 is 1.00 bits per heavy atom. The van der Waals surface area contributed by atoms with Crippen LogP contribution in [0.2, 0.25) is 0 Å². The molecule has 2 heterocycles. The Morgan fingerprint density at radius 2 is 1.66 bits per heavy atom. The van der Waals surface area contributed by atoms with Gasteiger partial charge in [0, 0.05) is 53.3 Å². The topological polar surface area (TPSA) is 71.6 Å². The first-order chi connectivity index (χ1) is 14.1. The number of hydrogen-bond donors (Lipinski definition) is 1. The number of piperidine rings is 1. The number of para-hydroxylation sites is 1. The van der Waals surface area contributed by atoms with E-state index in [1.54, 1.807) is 43.5 Å². The number of carbonyl (C=O) groups excluding carboxylic acids is 2. The maximum atomic E-state index is 13.0. The van der Waals surface area contributed by atoms with E-state index >= 15 is 0 Å². The van der Waals surface area contributed by atoms with Crippen LogP contribution >= 0.6 is 0 Å². The molecular formula is C23H24N2O4. The second-order valence-electron chi connectivity index (χ2n) is 7.28.